The van der Waals surface area contributed by atoms with Gasteiger partial charge in [-0.2, -0.15) is 0 Å². The van der Waals surface area contributed by atoms with Crippen molar-refractivity contribution in [2.24, 2.45) is 5.92 Å². The van der Waals surface area contributed by atoms with Crippen molar-refractivity contribution in [1.29, 1.82) is 0 Å². The van der Waals surface area contributed by atoms with E-state index in [4.69, 9.17) is 28.4 Å². The molecule has 39 heavy (non-hydrogen) atoms. The molecule has 1 aromatic carbocycles. The number of aliphatic hydroxyl groups excluding tert-OH is 4. The predicted octanol–water partition coefficient (Wildman–Crippen LogP) is -1.54. The molecule has 2 heterocycles. The molecule has 0 amide bonds. The molecule has 1 aliphatic carbocycles. The van der Waals surface area contributed by atoms with Crippen molar-refractivity contribution >= 4 is 11.9 Å². The highest BCUT2D eigenvalue weighted by Crippen LogP contribution is 2.47. The molecule has 14 heteroatoms. The van der Waals surface area contributed by atoms with Gasteiger partial charge in [0, 0.05) is 0 Å². The molecule has 0 saturated carbocycles. The van der Waals surface area contributed by atoms with E-state index in [0.717, 1.165) is 13.4 Å². The number of benzene rings is 1. The van der Waals surface area contributed by atoms with Gasteiger partial charge < -0.3 is 59.1 Å². The number of rotatable bonds is 8. The van der Waals surface area contributed by atoms with Gasteiger partial charge in [0.1, 0.15) is 42.2 Å². The van der Waals surface area contributed by atoms with Crippen molar-refractivity contribution in [3.05, 3.63) is 47.2 Å². The number of ether oxygens (including phenoxy) is 6. The highest BCUT2D eigenvalue weighted by Gasteiger charge is 2.57. The lowest BCUT2D eigenvalue weighted by Crippen LogP contribution is -2.61. The molecule has 0 bridgehead atoms. The average Bonchev–Trinajstić information content (AvgIpc) is 3.29. The van der Waals surface area contributed by atoms with E-state index in [9.17, 15) is 40.2 Å². The first-order valence-corrected chi connectivity index (χ1v) is 11.9. The van der Waals surface area contributed by atoms with Gasteiger partial charge in [-0.25, -0.2) is 9.59 Å². The van der Waals surface area contributed by atoms with Crippen LogP contribution in [-0.2, 0) is 28.5 Å². The summed E-state index contributed by atoms with van der Waals surface area (Å²) in [5.41, 5.74) is -1.79. The minimum Gasteiger partial charge on any atom is -0.504 e. The number of carbonyl (C=O) groups excluding carboxylic acids is 2. The number of aromatic hydroxyl groups is 1. The number of fused-ring (bicyclic) bond motifs is 1. The fourth-order valence-corrected chi connectivity index (χ4v) is 4.78. The van der Waals surface area contributed by atoms with Crippen LogP contribution in [0.4, 0.5) is 0 Å². The van der Waals surface area contributed by atoms with Gasteiger partial charge in [-0.1, -0.05) is 6.08 Å². The van der Waals surface area contributed by atoms with E-state index in [2.05, 4.69) is 0 Å². The summed E-state index contributed by atoms with van der Waals surface area (Å²) in [5.74, 6) is -2.95. The van der Waals surface area contributed by atoms with Crippen molar-refractivity contribution in [1.82, 2.24) is 0 Å². The topological polar surface area (TPSA) is 211 Å². The van der Waals surface area contributed by atoms with E-state index < -0.39 is 67.1 Å². The second-order valence-electron chi connectivity index (χ2n) is 9.21. The molecule has 1 aromatic rings. The Morgan fingerprint density at radius 2 is 1.82 bits per heavy atom. The summed E-state index contributed by atoms with van der Waals surface area (Å²) in [6.45, 7) is -1.07. The third-order valence-electron chi connectivity index (χ3n) is 6.96. The number of hydrogen-bond donors (Lipinski definition) is 6. The summed E-state index contributed by atoms with van der Waals surface area (Å²) >= 11 is 0. The normalized spacial score (nSPS) is 33.8. The number of hydrogen-bond acceptors (Lipinski definition) is 14. The largest absolute Gasteiger partial charge is 0.504 e. The number of aliphatic hydroxyl groups is 5. The van der Waals surface area contributed by atoms with Gasteiger partial charge in [0.05, 0.1) is 38.6 Å². The number of esters is 2. The average molecular weight is 555 g/mol. The fourth-order valence-electron chi connectivity index (χ4n) is 4.78. The van der Waals surface area contributed by atoms with Crippen LogP contribution in [0.1, 0.15) is 16.8 Å². The van der Waals surface area contributed by atoms with Crippen LogP contribution in [0.2, 0.25) is 0 Å². The first-order valence-electron chi connectivity index (χ1n) is 11.9. The third-order valence-corrected chi connectivity index (χ3v) is 6.96. The Balaban J connectivity index is 1.56. The van der Waals surface area contributed by atoms with Crippen LogP contribution in [-0.4, -0.2) is 113 Å². The van der Waals surface area contributed by atoms with Crippen LogP contribution in [0, 0.1) is 5.92 Å². The van der Waals surface area contributed by atoms with Gasteiger partial charge in [-0.05, 0) is 30.2 Å². The molecule has 1 saturated heterocycles. The molecule has 8 atom stereocenters. The maximum absolute atomic E-state index is 12.7. The first-order chi connectivity index (χ1) is 18.5. The Labute approximate surface area is 222 Å². The second-order valence-corrected chi connectivity index (χ2v) is 9.21. The van der Waals surface area contributed by atoms with E-state index in [0.29, 0.717) is 5.57 Å². The predicted molar refractivity (Wildman–Crippen MR) is 126 cm³/mol. The van der Waals surface area contributed by atoms with Gasteiger partial charge in [0.15, 0.2) is 17.8 Å². The maximum Gasteiger partial charge on any atom is 0.339 e. The van der Waals surface area contributed by atoms with Crippen molar-refractivity contribution in [2.45, 2.75) is 49.0 Å². The van der Waals surface area contributed by atoms with Crippen LogP contribution < -0.4 is 4.74 Å². The Morgan fingerprint density at radius 3 is 2.49 bits per heavy atom. The van der Waals surface area contributed by atoms with Crippen LogP contribution in [0.15, 0.2) is 41.7 Å². The van der Waals surface area contributed by atoms with E-state index in [-0.39, 0.29) is 35.7 Å². The van der Waals surface area contributed by atoms with E-state index >= 15 is 0 Å². The van der Waals surface area contributed by atoms with Crippen LogP contribution in [0.3, 0.4) is 0 Å². The standard InChI is InChI=1S/C25H30O14/c1-34-15-7-11(3-4-14(15)27)21(31)36-9-12-5-6-25(33)13(22(32)35-2)10-37-23(17(12)25)39-24-20(30)19(29)18(28)16(8-26)38-24/h3-5,7,10,16-20,23-24,26-30,33H,6,8-9H2,1-2H3/t16-,17-,18-,19+,20-,23-,24+,25-/m0/s1. The molecule has 0 radical (unpaired) electrons. The van der Waals surface area contributed by atoms with E-state index in [1.54, 1.807) is 0 Å². The van der Waals surface area contributed by atoms with Crippen LogP contribution in [0.25, 0.3) is 0 Å². The lowest BCUT2D eigenvalue weighted by Gasteiger charge is -2.44. The second kappa shape index (κ2) is 11.5. The van der Waals surface area contributed by atoms with Crippen molar-refractivity contribution < 1.29 is 68.6 Å². The molecule has 0 spiro atoms. The lowest BCUT2D eigenvalue weighted by molar-refractivity contribution is -0.343. The molecule has 3 aliphatic rings. The van der Waals surface area contributed by atoms with Crippen molar-refractivity contribution in [3.8, 4) is 11.5 Å². The monoisotopic (exact) mass is 554 g/mol. The molecule has 1 fully saturated rings. The minimum absolute atomic E-state index is 0.0560. The van der Waals surface area contributed by atoms with Gasteiger partial charge in [0.25, 0.3) is 0 Å². The number of phenols is 1. The molecule has 214 valence electrons. The van der Waals surface area contributed by atoms with Gasteiger partial charge in [-0.15, -0.1) is 0 Å². The third kappa shape index (κ3) is 5.32. The van der Waals surface area contributed by atoms with Crippen LogP contribution in [0.5, 0.6) is 11.5 Å². The van der Waals surface area contributed by atoms with Gasteiger partial charge in [0.2, 0.25) is 6.29 Å². The molecular formula is C25H30O14. The Kier molecular flexibility index (Phi) is 8.46. The molecule has 6 N–H and O–H groups in total. The highest BCUT2D eigenvalue weighted by atomic mass is 16.8. The van der Waals surface area contributed by atoms with Crippen molar-refractivity contribution in [2.75, 3.05) is 27.4 Å². The van der Waals surface area contributed by atoms with E-state index in [1.165, 1.54) is 31.4 Å². The maximum atomic E-state index is 12.7. The zero-order chi connectivity index (χ0) is 28.5. The zero-order valence-electron chi connectivity index (χ0n) is 21.0. The lowest BCUT2D eigenvalue weighted by atomic mass is 9.79. The van der Waals surface area contributed by atoms with Crippen molar-refractivity contribution in [3.63, 3.8) is 0 Å². The summed E-state index contributed by atoms with van der Waals surface area (Å²) in [5, 5.41) is 61.4. The van der Waals surface area contributed by atoms with E-state index in [1.807, 2.05) is 0 Å². The quantitative estimate of drug-likeness (QED) is 0.159. The number of methoxy groups -OCH3 is 2. The molecule has 14 nitrogen and oxygen atoms in total. The summed E-state index contributed by atoms with van der Waals surface area (Å²) in [6.07, 6.45) is -7.07. The Hall–Kier alpha value is -3.24. The molecule has 0 unspecified atom stereocenters. The summed E-state index contributed by atoms with van der Waals surface area (Å²) in [6, 6.07) is 3.87. The highest BCUT2D eigenvalue weighted by molar-refractivity contribution is 5.91. The zero-order valence-corrected chi connectivity index (χ0v) is 21.0. The minimum atomic E-state index is -1.92. The Morgan fingerprint density at radius 1 is 1.08 bits per heavy atom. The molecule has 0 aromatic heterocycles. The fraction of sp³-hybridized carbons (Fsp3) is 0.520. The molecule has 2 aliphatic heterocycles. The van der Waals surface area contributed by atoms with Crippen LogP contribution >= 0.6 is 0 Å². The number of carbonyl (C=O) groups is 2. The molecular weight excluding hydrogens is 524 g/mol. The van der Waals surface area contributed by atoms with Gasteiger partial charge in [-0.3, -0.25) is 0 Å². The number of phenolic OH excluding ortho intramolecular Hbond substituents is 1. The first kappa shape index (κ1) is 28.8. The Bertz CT molecular complexity index is 1150. The van der Waals surface area contributed by atoms with Gasteiger partial charge >= 0.3 is 11.9 Å². The summed E-state index contributed by atoms with van der Waals surface area (Å²) in [7, 11) is 2.44. The smallest absolute Gasteiger partial charge is 0.339 e. The SMILES string of the molecule is COC(=O)C1=CO[C@@H](O[C@H]2O[C@@H](CO)[C@H](O)[C@@H](O)[C@@H]2O)[C@@H]2C(COC(=O)c3ccc(O)c(OC)c3)=CC[C@]12O. The summed E-state index contributed by atoms with van der Waals surface area (Å²) < 4.78 is 31.9. The summed E-state index contributed by atoms with van der Waals surface area (Å²) in [4.78, 5) is 25.1. The molecule has 4 rings (SSSR count).